The number of halogens is 3. The molecule has 72 valence electrons. The van der Waals surface area contributed by atoms with Crippen molar-refractivity contribution in [2.45, 2.75) is 6.18 Å². The molecule has 0 unspecified atom stereocenters. The maximum atomic E-state index is 11.9. The van der Waals surface area contributed by atoms with E-state index in [4.69, 9.17) is 0 Å². The van der Waals surface area contributed by atoms with Crippen molar-refractivity contribution < 1.29 is 22.5 Å². The van der Waals surface area contributed by atoms with Gasteiger partial charge in [-0.3, -0.25) is 4.79 Å². The average molecular weight is 194 g/mol. The molecule has 1 heterocycles. The summed E-state index contributed by atoms with van der Waals surface area (Å²) < 4.78 is 39.6. The number of hydrogen-bond donors (Lipinski definition) is 1. The standard InChI is InChI=1S/C6H5F3N2O2/c1-10-5(12)3-2-4(13-11-3)6(7,8)9/h2H,1H3,(H,10,12). The molecule has 1 aromatic rings. The van der Waals surface area contributed by atoms with Crippen LogP contribution in [0.3, 0.4) is 0 Å². The Labute approximate surface area is 70.7 Å². The largest absolute Gasteiger partial charge is 0.452 e. The Morgan fingerprint density at radius 2 is 2.23 bits per heavy atom. The number of hydrogen-bond acceptors (Lipinski definition) is 3. The Kier molecular flexibility index (Phi) is 2.26. The zero-order valence-electron chi connectivity index (χ0n) is 6.47. The van der Waals surface area contributed by atoms with E-state index in [1.54, 1.807) is 0 Å². The molecule has 0 aromatic carbocycles. The summed E-state index contributed by atoms with van der Waals surface area (Å²) in [6.07, 6.45) is -4.61. The van der Waals surface area contributed by atoms with E-state index < -0.39 is 23.5 Å². The third-order valence-electron chi connectivity index (χ3n) is 1.25. The second-order valence-corrected chi connectivity index (χ2v) is 2.15. The molecule has 1 amide bonds. The minimum atomic E-state index is -4.61. The molecule has 0 atom stereocenters. The number of carbonyl (C=O) groups is 1. The van der Waals surface area contributed by atoms with Crippen molar-refractivity contribution in [2.75, 3.05) is 7.05 Å². The van der Waals surface area contributed by atoms with Crippen molar-refractivity contribution in [1.29, 1.82) is 0 Å². The molecule has 1 rings (SSSR count). The molecule has 0 saturated heterocycles. The zero-order chi connectivity index (χ0) is 10.1. The van der Waals surface area contributed by atoms with E-state index in [2.05, 4.69) is 15.0 Å². The summed E-state index contributed by atoms with van der Waals surface area (Å²) in [7, 11) is 1.28. The number of rotatable bonds is 1. The van der Waals surface area contributed by atoms with Crippen molar-refractivity contribution in [3.8, 4) is 0 Å². The van der Waals surface area contributed by atoms with Crippen LogP contribution in [0.2, 0.25) is 0 Å². The molecule has 0 aliphatic carbocycles. The van der Waals surface area contributed by atoms with E-state index in [9.17, 15) is 18.0 Å². The van der Waals surface area contributed by atoms with Gasteiger partial charge in [0.2, 0.25) is 5.76 Å². The van der Waals surface area contributed by atoms with E-state index in [-0.39, 0.29) is 0 Å². The number of nitrogens with one attached hydrogen (secondary N) is 1. The Morgan fingerprint density at radius 1 is 1.62 bits per heavy atom. The van der Waals surface area contributed by atoms with Gasteiger partial charge in [-0.15, -0.1) is 0 Å². The van der Waals surface area contributed by atoms with Gasteiger partial charge in [0, 0.05) is 13.1 Å². The maximum absolute atomic E-state index is 11.9. The first kappa shape index (κ1) is 9.56. The zero-order valence-corrected chi connectivity index (χ0v) is 6.47. The molecule has 0 saturated carbocycles. The van der Waals surface area contributed by atoms with Crippen LogP contribution in [0.15, 0.2) is 10.6 Å². The fourth-order valence-corrected chi connectivity index (χ4v) is 0.644. The molecule has 7 heteroatoms. The molecule has 1 aromatic heterocycles. The highest BCUT2D eigenvalue weighted by Crippen LogP contribution is 2.29. The highest BCUT2D eigenvalue weighted by molar-refractivity contribution is 5.91. The van der Waals surface area contributed by atoms with Crippen molar-refractivity contribution >= 4 is 5.91 Å². The van der Waals surface area contributed by atoms with Gasteiger partial charge in [0.05, 0.1) is 0 Å². The molecular weight excluding hydrogens is 189 g/mol. The highest BCUT2D eigenvalue weighted by atomic mass is 19.4. The van der Waals surface area contributed by atoms with Gasteiger partial charge in [0.1, 0.15) is 0 Å². The molecule has 4 nitrogen and oxygen atoms in total. The summed E-state index contributed by atoms with van der Waals surface area (Å²) in [5.74, 6) is -2.01. The molecule has 13 heavy (non-hydrogen) atoms. The Bertz CT molecular complexity index is 318. The van der Waals surface area contributed by atoms with Gasteiger partial charge in [0.15, 0.2) is 5.69 Å². The summed E-state index contributed by atoms with van der Waals surface area (Å²) in [5.41, 5.74) is -0.394. The number of carbonyl (C=O) groups excluding carboxylic acids is 1. The lowest BCUT2D eigenvalue weighted by molar-refractivity contribution is -0.155. The minimum Gasteiger partial charge on any atom is -0.354 e. The van der Waals surface area contributed by atoms with Crippen molar-refractivity contribution in [1.82, 2.24) is 10.5 Å². The predicted octanol–water partition coefficient (Wildman–Crippen LogP) is 1.05. The Balaban J connectivity index is 2.93. The second kappa shape index (κ2) is 3.08. The van der Waals surface area contributed by atoms with Crippen LogP contribution < -0.4 is 5.32 Å². The number of amides is 1. The SMILES string of the molecule is CNC(=O)c1cc(C(F)(F)F)on1. The second-order valence-electron chi connectivity index (χ2n) is 2.15. The third kappa shape index (κ3) is 1.98. The third-order valence-corrected chi connectivity index (χ3v) is 1.25. The Hall–Kier alpha value is -1.53. The lowest BCUT2D eigenvalue weighted by Gasteiger charge is -1.97. The van der Waals surface area contributed by atoms with Crippen LogP contribution in [-0.4, -0.2) is 18.1 Å². The molecule has 0 fully saturated rings. The van der Waals surface area contributed by atoms with Crippen LogP contribution in [0.1, 0.15) is 16.2 Å². The van der Waals surface area contributed by atoms with E-state index in [0.717, 1.165) is 0 Å². The molecule has 0 aliphatic rings. The Morgan fingerprint density at radius 3 is 2.62 bits per heavy atom. The minimum absolute atomic E-state index is 0.394. The molecular formula is C6H5F3N2O2. The summed E-state index contributed by atoms with van der Waals surface area (Å²) in [4.78, 5) is 10.8. The van der Waals surface area contributed by atoms with Gasteiger partial charge in [-0.25, -0.2) is 0 Å². The quantitative estimate of drug-likeness (QED) is 0.726. The first-order chi connectivity index (χ1) is 5.95. The first-order valence-electron chi connectivity index (χ1n) is 3.21. The van der Waals surface area contributed by atoms with Gasteiger partial charge in [-0.2, -0.15) is 13.2 Å². The van der Waals surface area contributed by atoms with Crippen LogP contribution >= 0.6 is 0 Å². The predicted molar refractivity (Wildman–Crippen MR) is 34.9 cm³/mol. The van der Waals surface area contributed by atoms with E-state index >= 15 is 0 Å². The van der Waals surface area contributed by atoms with Gasteiger partial charge in [0.25, 0.3) is 5.91 Å². The summed E-state index contributed by atoms with van der Waals surface area (Å²) >= 11 is 0. The van der Waals surface area contributed by atoms with E-state index in [1.165, 1.54) is 7.05 Å². The van der Waals surface area contributed by atoms with Crippen molar-refractivity contribution in [3.63, 3.8) is 0 Å². The maximum Gasteiger partial charge on any atom is 0.452 e. The summed E-state index contributed by atoms with van der Waals surface area (Å²) in [6, 6.07) is 0.541. The van der Waals surface area contributed by atoms with E-state index in [0.29, 0.717) is 6.07 Å². The van der Waals surface area contributed by atoms with Crippen molar-refractivity contribution in [2.24, 2.45) is 0 Å². The monoisotopic (exact) mass is 194 g/mol. The highest BCUT2D eigenvalue weighted by Gasteiger charge is 2.36. The molecule has 0 spiro atoms. The van der Waals surface area contributed by atoms with Gasteiger partial charge in [-0.05, 0) is 0 Å². The van der Waals surface area contributed by atoms with Crippen LogP contribution in [0.4, 0.5) is 13.2 Å². The fraction of sp³-hybridized carbons (Fsp3) is 0.333. The van der Waals surface area contributed by atoms with E-state index in [1.807, 2.05) is 0 Å². The average Bonchev–Trinajstić information content (AvgIpc) is 2.50. The first-order valence-corrected chi connectivity index (χ1v) is 3.21. The van der Waals surface area contributed by atoms with Crippen molar-refractivity contribution in [3.05, 3.63) is 17.5 Å². The van der Waals surface area contributed by atoms with Crippen LogP contribution in [0.5, 0.6) is 0 Å². The summed E-state index contributed by atoms with van der Waals surface area (Å²) in [5, 5.41) is 5.06. The lowest BCUT2D eigenvalue weighted by Crippen LogP contribution is -2.18. The smallest absolute Gasteiger partial charge is 0.354 e. The van der Waals surface area contributed by atoms with Crippen LogP contribution in [0, 0.1) is 0 Å². The molecule has 0 radical (unpaired) electrons. The molecule has 0 aliphatic heterocycles. The molecule has 0 bridgehead atoms. The van der Waals surface area contributed by atoms with Gasteiger partial charge >= 0.3 is 6.18 Å². The van der Waals surface area contributed by atoms with Gasteiger partial charge < -0.3 is 9.84 Å². The normalized spacial score (nSPS) is 11.4. The van der Waals surface area contributed by atoms with Crippen LogP contribution in [0.25, 0.3) is 0 Å². The topological polar surface area (TPSA) is 55.1 Å². The van der Waals surface area contributed by atoms with Gasteiger partial charge in [-0.1, -0.05) is 5.16 Å². The number of alkyl halides is 3. The number of nitrogens with zero attached hydrogens (tertiary/aromatic N) is 1. The lowest BCUT2D eigenvalue weighted by atomic mass is 10.3. The summed E-state index contributed by atoms with van der Waals surface area (Å²) in [6.45, 7) is 0. The fourth-order valence-electron chi connectivity index (χ4n) is 0.644. The number of aromatic nitrogens is 1. The van der Waals surface area contributed by atoms with Crippen LogP contribution in [-0.2, 0) is 6.18 Å². The molecule has 1 N–H and O–H groups in total.